The molecule has 4 aromatic rings. The molecule has 41 heavy (non-hydrogen) atoms. The second kappa shape index (κ2) is 12.3. The SMILES string of the molecule is CC(OCCc1ccc([N+](=O)[O-])cc1)O[C@@H]1[C@H](O)[C@@H](COC(=O)c2ccccc2)O[C@H]1n1cnc2c(N)ncnc21. The number of hydrogen-bond donors (Lipinski definition) is 2. The van der Waals surface area contributed by atoms with Gasteiger partial charge in [0.15, 0.2) is 24.0 Å². The summed E-state index contributed by atoms with van der Waals surface area (Å²) in [4.78, 5) is 35.4. The molecule has 0 spiro atoms. The summed E-state index contributed by atoms with van der Waals surface area (Å²) >= 11 is 0. The zero-order chi connectivity index (χ0) is 28.9. The number of nitro groups is 1. The van der Waals surface area contributed by atoms with Gasteiger partial charge in [0.1, 0.15) is 36.8 Å². The first-order chi connectivity index (χ1) is 19.8. The highest BCUT2D eigenvalue weighted by Gasteiger charge is 2.47. The van der Waals surface area contributed by atoms with E-state index in [0.29, 0.717) is 23.1 Å². The number of nitro benzene ring substituents is 1. The van der Waals surface area contributed by atoms with Crippen LogP contribution in [0.1, 0.15) is 29.1 Å². The van der Waals surface area contributed by atoms with E-state index < -0.39 is 41.7 Å². The van der Waals surface area contributed by atoms with Crippen molar-refractivity contribution in [2.24, 2.45) is 0 Å². The van der Waals surface area contributed by atoms with E-state index in [2.05, 4.69) is 15.0 Å². The van der Waals surface area contributed by atoms with Gasteiger partial charge in [0.2, 0.25) is 0 Å². The van der Waals surface area contributed by atoms with Gasteiger partial charge in [0.05, 0.1) is 23.4 Å². The number of benzene rings is 2. The van der Waals surface area contributed by atoms with Gasteiger partial charge in [-0.15, -0.1) is 0 Å². The molecule has 1 aliphatic rings. The number of aromatic nitrogens is 4. The minimum absolute atomic E-state index is 0.00990. The highest BCUT2D eigenvalue weighted by molar-refractivity contribution is 5.89. The largest absolute Gasteiger partial charge is 0.459 e. The molecule has 2 aromatic carbocycles. The smallest absolute Gasteiger partial charge is 0.338 e. The number of aliphatic hydroxyl groups excluding tert-OH is 1. The Bertz CT molecular complexity index is 1500. The van der Waals surface area contributed by atoms with E-state index in [-0.39, 0.29) is 24.7 Å². The van der Waals surface area contributed by atoms with Crippen LogP contribution in [0, 0.1) is 10.1 Å². The maximum absolute atomic E-state index is 12.5. The van der Waals surface area contributed by atoms with Crippen LogP contribution in [-0.4, -0.2) is 73.3 Å². The number of carbonyl (C=O) groups is 1. The first-order valence-corrected chi connectivity index (χ1v) is 12.8. The number of rotatable bonds is 11. The van der Waals surface area contributed by atoms with Crippen molar-refractivity contribution in [2.75, 3.05) is 18.9 Å². The van der Waals surface area contributed by atoms with E-state index in [1.807, 2.05) is 0 Å². The van der Waals surface area contributed by atoms with Crippen molar-refractivity contribution >= 4 is 28.6 Å². The lowest BCUT2D eigenvalue weighted by Crippen LogP contribution is -2.38. The first kappa shape index (κ1) is 28.0. The van der Waals surface area contributed by atoms with Crippen molar-refractivity contribution in [3.05, 3.63) is 88.5 Å². The van der Waals surface area contributed by atoms with Crippen molar-refractivity contribution in [1.82, 2.24) is 19.5 Å². The fraction of sp³-hybridized carbons (Fsp3) is 0.333. The molecule has 5 atom stereocenters. The number of hydrogen-bond acceptors (Lipinski definition) is 12. The van der Waals surface area contributed by atoms with Gasteiger partial charge < -0.3 is 29.8 Å². The Morgan fingerprint density at radius 1 is 1.17 bits per heavy atom. The molecular weight excluding hydrogens is 536 g/mol. The monoisotopic (exact) mass is 564 g/mol. The summed E-state index contributed by atoms with van der Waals surface area (Å²) in [5.74, 6) is -0.375. The van der Waals surface area contributed by atoms with E-state index in [0.717, 1.165) is 5.56 Å². The lowest BCUT2D eigenvalue weighted by atomic mass is 10.1. The molecule has 2 aromatic heterocycles. The molecule has 0 saturated carbocycles. The normalized spacial score (nSPS) is 21.1. The van der Waals surface area contributed by atoms with Crippen LogP contribution in [0.3, 0.4) is 0 Å². The van der Waals surface area contributed by atoms with Crippen LogP contribution in [0.15, 0.2) is 67.3 Å². The van der Waals surface area contributed by atoms with E-state index in [1.165, 1.54) is 24.8 Å². The van der Waals surface area contributed by atoms with Crippen LogP contribution in [0.25, 0.3) is 11.2 Å². The Hall–Kier alpha value is -4.50. The summed E-state index contributed by atoms with van der Waals surface area (Å²) in [6, 6.07) is 14.7. The molecule has 14 nitrogen and oxygen atoms in total. The van der Waals surface area contributed by atoms with Crippen molar-refractivity contribution in [3.63, 3.8) is 0 Å². The highest BCUT2D eigenvalue weighted by atomic mass is 16.7. The number of esters is 1. The summed E-state index contributed by atoms with van der Waals surface area (Å²) in [6.45, 7) is 1.70. The molecule has 1 fully saturated rings. The molecule has 0 amide bonds. The summed E-state index contributed by atoms with van der Waals surface area (Å²) < 4.78 is 25.0. The minimum Gasteiger partial charge on any atom is -0.459 e. The molecular formula is C27H28N6O8. The molecule has 5 rings (SSSR count). The van der Waals surface area contributed by atoms with Crippen molar-refractivity contribution < 1.29 is 33.8 Å². The first-order valence-electron chi connectivity index (χ1n) is 12.8. The Kier molecular flexibility index (Phi) is 8.45. The van der Waals surface area contributed by atoms with Gasteiger partial charge in [0, 0.05) is 12.1 Å². The molecule has 3 N–H and O–H groups in total. The number of fused-ring (bicyclic) bond motifs is 1. The van der Waals surface area contributed by atoms with Gasteiger partial charge in [-0.2, -0.15) is 0 Å². The molecule has 214 valence electrons. The highest BCUT2D eigenvalue weighted by Crippen LogP contribution is 2.35. The Morgan fingerprint density at radius 3 is 2.66 bits per heavy atom. The van der Waals surface area contributed by atoms with Gasteiger partial charge in [-0.25, -0.2) is 19.7 Å². The summed E-state index contributed by atoms with van der Waals surface area (Å²) in [7, 11) is 0. The number of nitrogens with two attached hydrogens (primary N) is 1. The molecule has 3 heterocycles. The van der Waals surface area contributed by atoms with Crippen molar-refractivity contribution in [1.29, 1.82) is 0 Å². The lowest BCUT2D eigenvalue weighted by molar-refractivity contribution is -0.384. The quantitative estimate of drug-likeness (QED) is 0.117. The topological polar surface area (TPSA) is 187 Å². The van der Waals surface area contributed by atoms with Gasteiger partial charge in [-0.3, -0.25) is 14.7 Å². The molecule has 1 saturated heterocycles. The van der Waals surface area contributed by atoms with Gasteiger partial charge in [-0.1, -0.05) is 30.3 Å². The number of anilines is 1. The maximum Gasteiger partial charge on any atom is 0.338 e. The average molecular weight is 565 g/mol. The molecule has 0 radical (unpaired) electrons. The number of aliphatic hydroxyl groups is 1. The van der Waals surface area contributed by atoms with E-state index in [4.69, 9.17) is 24.7 Å². The zero-order valence-corrected chi connectivity index (χ0v) is 22.0. The van der Waals surface area contributed by atoms with Crippen LogP contribution < -0.4 is 5.73 Å². The number of nitrogen functional groups attached to an aromatic ring is 1. The molecule has 1 unspecified atom stereocenters. The summed E-state index contributed by atoms with van der Waals surface area (Å²) in [5.41, 5.74) is 7.90. The lowest BCUT2D eigenvalue weighted by Gasteiger charge is -2.25. The standard InChI is InChI=1S/C27H28N6O8/c1-16(38-12-11-17-7-9-19(10-8-17)33(36)37)40-23-22(34)20(13-39-27(35)18-5-3-2-4-6-18)41-26(23)32-15-31-21-24(28)29-14-30-25(21)32/h2-10,14-16,20,22-23,26,34H,11-13H2,1H3,(H2,28,29,30)/t16?,20-,22-,23-,26-/m1/s1. The van der Waals surface area contributed by atoms with Crippen molar-refractivity contribution in [2.45, 2.75) is 44.2 Å². The van der Waals surface area contributed by atoms with Crippen LogP contribution in [-0.2, 0) is 25.4 Å². The Balaban J connectivity index is 1.27. The molecule has 1 aliphatic heterocycles. The molecule has 14 heteroatoms. The number of non-ortho nitro benzene ring substituents is 1. The summed E-state index contributed by atoms with van der Waals surface area (Å²) in [5, 5.41) is 22.1. The fourth-order valence-corrected chi connectivity index (χ4v) is 4.49. The van der Waals surface area contributed by atoms with Gasteiger partial charge >= 0.3 is 5.97 Å². The number of carbonyl (C=O) groups excluding carboxylic acids is 1. The number of ether oxygens (including phenoxy) is 4. The Morgan fingerprint density at radius 2 is 1.93 bits per heavy atom. The second-order valence-corrected chi connectivity index (χ2v) is 9.32. The van der Waals surface area contributed by atoms with Gasteiger partial charge in [-0.05, 0) is 31.0 Å². The Labute approximate surface area is 233 Å². The maximum atomic E-state index is 12.5. The van der Waals surface area contributed by atoms with E-state index in [1.54, 1.807) is 54.0 Å². The fourth-order valence-electron chi connectivity index (χ4n) is 4.49. The predicted molar refractivity (Wildman–Crippen MR) is 143 cm³/mol. The van der Waals surface area contributed by atoms with Crippen LogP contribution >= 0.6 is 0 Å². The molecule has 0 bridgehead atoms. The second-order valence-electron chi connectivity index (χ2n) is 9.32. The zero-order valence-electron chi connectivity index (χ0n) is 22.0. The number of nitrogens with zero attached hydrogens (tertiary/aromatic N) is 5. The van der Waals surface area contributed by atoms with Crippen LogP contribution in [0.4, 0.5) is 11.5 Å². The van der Waals surface area contributed by atoms with Crippen molar-refractivity contribution in [3.8, 4) is 0 Å². The van der Waals surface area contributed by atoms with E-state index in [9.17, 15) is 20.0 Å². The van der Waals surface area contributed by atoms with Gasteiger partial charge in [0.25, 0.3) is 5.69 Å². The van der Waals surface area contributed by atoms with Crippen LogP contribution in [0.2, 0.25) is 0 Å². The predicted octanol–water partition coefficient (Wildman–Crippen LogP) is 2.42. The third-order valence-corrected chi connectivity index (χ3v) is 6.60. The third-order valence-electron chi connectivity index (χ3n) is 6.60. The summed E-state index contributed by atoms with van der Waals surface area (Å²) in [6.07, 6.45) is -1.55. The number of imidazole rings is 1. The molecule has 0 aliphatic carbocycles. The third kappa shape index (κ3) is 6.30. The van der Waals surface area contributed by atoms with E-state index >= 15 is 0 Å². The average Bonchev–Trinajstić information content (AvgIpc) is 3.54. The minimum atomic E-state index is -1.21. The van der Waals surface area contributed by atoms with Crippen LogP contribution in [0.5, 0.6) is 0 Å².